The van der Waals surface area contributed by atoms with Crippen molar-refractivity contribution < 1.29 is 14.3 Å². The number of rotatable bonds is 2. The van der Waals surface area contributed by atoms with Crippen molar-refractivity contribution in [3.8, 4) is 0 Å². The van der Waals surface area contributed by atoms with Crippen molar-refractivity contribution in [2.24, 2.45) is 5.92 Å². The minimum absolute atomic E-state index is 0.0563. The first-order valence-corrected chi connectivity index (χ1v) is 4.02. The zero-order valence-corrected chi connectivity index (χ0v) is 7.00. The Morgan fingerprint density at radius 2 is 2.36 bits per heavy atom. The highest BCUT2D eigenvalue weighted by atomic mass is 16.7. The maximum Gasteiger partial charge on any atom is 0.310 e. The first kappa shape index (κ1) is 8.53. The molecule has 64 valence electrons. The average molecular weight is 158 g/mol. The lowest BCUT2D eigenvalue weighted by Crippen LogP contribution is -2.20. The van der Waals surface area contributed by atoms with E-state index in [9.17, 15) is 4.79 Å². The summed E-state index contributed by atoms with van der Waals surface area (Å²) in [5.41, 5.74) is 0. The van der Waals surface area contributed by atoms with E-state index >= 15 is 0 Å². The predicted molar refractivity (Wildman–Crippen MR) is 39.9 cm³/mol. The minimum atomic E-state index is -0.273. The normalized spacial score (nSPS) is 24.1. The van der Waals surface area contributed by atoms with Crippen LogP contribution in [-0.4, -0.2) is 18.9 Å². The highest BCUT2D eigenvalue weighted by molar-refractivity contribution is 5.71. The van der Waals surface area contributed by atoms with Gasteiger partial charge in [-0.15, -0.1) is 0 Å². The molecule has 1 fully saturated rings. The summed E-state index contributed by atoms with van der Waals surface area (Å²) in [4.78, 5) is 11.0. The molecule has 11 heavy (non-hydrogen) atoms. The van der Waals surface area contributed by atoms with E-state index in [0.717, 1.165) is 19.4 Å². The van der Waals surface area contributed by atoms with E-state index < -0.39 is 0 Å². The zero-order chi connectivity index (χ0) is 8.27. The molecule has 1 aliphatic heterocycles. The van der Waals surface area contributed by atoms with Gasteiger partial charge in [-0.2, -0.15) is 0 Å². The minimum Gasteiger partial charge on any atom is -0.436 e. The quantitative estimate of drug-likeness (QED) is 0.568. The Hall–Kier alpha value is -0.570. The van der Waals surface area contributed by atoms with Crippen molar-refractivity contribution in [3.05, 3.63) is 0 Å². The molecule has 3 nitrogen and oxygen atoms in total. The lowest BCUT2D eigenvalue weighted by Gasteiger charge is -2.12. The molecule has 0 spiro atoms. The molecule has 0 N–H and O–H groups in total. The fraction of sp³-hybridized carbons (Fsp3) is 0.875. The van der Waals surface area contributed by atoms with Gasteiger partial charge in [0.05, 0.1) is 12.5 Å². The molecule has 1 atom stereocenters. The Morgan fingerprint density at radius 1 is 1.64 bits per heavy atom. The summed E-state index contributed by atoms with van der Waals surface area (Å²) in [6.07, 6.45) is 1.57. The number of esters is 1. The highest BCUT2D eigenvalue weighted by Crippen LogP contribution is 2.14. The molecular weight excluding hydrogens is 144 g/mol. The maximum absolute atomic E-state index is 11.0. The molecule has 0 bridgehead atoms. The van der Waals surface area contributed by atoms with Crippen LogP contribution in [0, 0.1) is 5.92 Å². The standard InChI is InChI=1S/C8H14O3/c1-6(2)8(9)11-7-4-3-5-10-7/h6-7H,3-5H2,1-2H3. The summed E-state index contributed by atoms with van der Waals surface area (Å²) in [5.74, 6) is -0.226. The molecule has 1 heterocycles. The van der Waals surface area contributed by atoms with Crippen LogP contribution in [0.5, 0.6) is 0 Å². The first-order valence-electron chi connectivity index (χ1n) is 4.02. The second-order valence-electron chi connectivity index (χ2n) is 3.03. The monoisotopic (exact) mass is 158 g/mol. The molecular formula is C8H14O3. The summed E-state index contributed by atoms with van der Waals surface area (Å²) < 4.78 is 10.1. The SMILES string of the molecule is CC(C)C(=O)OC1CCCO1. The molecule has 0 radical (unpaired) electrons. The van der Waals surface area contributed by atoms with Crippen molar-refractivity contribution >= 4 is 5.97 Å². The lowest BCUT2D eigenvalue weighted by atomic mass is 10.2. The second kappa shape index (κ2) is 3.72. The van der Waals surface area contributed by atoms with Gasteiger partial charge in [0.1, 0.15) is 0 Å². The molecule has 0 aromatic heterocycles. The second-order valence-corrected chi connectivity index (χ2v) is 3.03. The predicted octanol–water partition coefficient (Wildman–Crippen LogP) is 1.32. The largest absolute Gasteiger partial charge is 0.436 e. The number of hydrogen-bond acceptors (Lipinski definition) is 3. The van der Waals surface area contributed by atoms with E-state index in [2.05, 4.69) is 0 Å². The van der Waals surface area contributed by atoms with Gasteiger partial charge in [0.2, 0.25) is 6.29 Å². The van der Waals surface area contributed by atoms with E-state index in [1.54, 1.807) is 0 Å². The Labute approximate surface area is 66.7 Å². The molecule has 1 unspecified atom stereocenters. The molecule has 1 saturated heterocycles. The maximum atomic E-state index is 11.0. The van der Waals surface area contributed by atoms with E-state index in [1.807, 2.05) is 13.8 Å². The van der Waals surface area contributed by atoms with Gasteiger partial charge < -0.3 is 9.47 Å². The van der Waals surface area contributed by atoms with E-state index in [0.29, 0.717) is 0 Å². The van der Waals surface area contributed by atoms with Gasteiger partial charge in [-0.25, -0.2) is 0 Å². The van der Waals surface area contributed by atoms with Gasteiger partial charge in [0.15, 0.2) is 0 Å². The van der Waals surface area contributed by atoms with Crippen LogP contribution in [0.2, 0.25) is 0 Å². The van der Waals surface area contributed by atoms with Gasteiger partial charge in [0.25, 0.3) is 0 Å². The van der Waals surface area contributed by atoms with Gasteiger partial charge in [0, 0.05) is 6.42 Å². The van der Waals surface area contributed by atoms with Crippen molar-refractivity contribution in [2.75, 3.05) is 6.61 Å². The van der Waals surface area contributed by atoms with Crippen molar-refractivity contribution in [1.82, 2.24) is 0 Å². The topological polar surface area (TPSA) is 35.5 Å². The average Bonchev–Trinajstić information content (AvgIpc) is 2.39. The fourth-order valence-electron chi connectivity index (χ4n) is 0.907. The lowest BCUT2D eigenvalue weighted by molar-refractivity contribution is -0.173. The third-order valence-electron chi connectivity index (χ3n) is 1.61. The summed E-state index contributed by atoms with van der Waals surface area (Å²) in [7, 11) is 0. The van der Waals surface area contributed by atoms with Gasteiger partial charge in [-0.05, 0) is 6.42 Å². The van der Waals surface area contributed by atoms with E-state index in [1.165, 1.54) is 0 Å². The molecule has 0 aromatic carbocycles. The van der Waals surface area contributed by atoms with Gasteiger partial charge in [-0.1, -0.05) is 13.8 Å². The van der Waals surface area contributed by atoms with E-state index in [-0.39, 0.29) is 18.2 Å². The van der Waals surface area contributed by atoms with Crippen LogP contribution in [-0.2, 0) is 14.3 Å². The third kappa shape index (κ3) is 2.50. The number of ether oxygens (including phenoxy) is 2. The fourth-order valence-corrected chi connectivity index (χ4v) is 0.907. The Balaban J connectivity index is 2.24. The van der Waals surface area contributed by atoms with Crippen molar-refractivity contribution in [2.45, 2.75) is 33.0 Å². The summed E-state index contributed by atoms with van der Waals surface area (Å²) in [5, 5.41) is 0. The molecule has 1 aliphatic rings. The van der Waals surface area contributed by atoms with Crippen molar-refractivity contribution in [1.29, 1.82) is 0 Å². The van der Waals surface area contributed by atoms with Crippen LogP contribution >= 0.6 is 0 Å². The van der Waals surface area contributed by atoms with Crippen LogP contribution in [0.15, 0.2) is 0 Å². The summed E-state index contributed by atoms with van der Waals surface area (Å²) >= 11 is 0. The van der Waals surface area contributed by atoms with Crippen molar-refractivity contribution in [3.63, 3.8) is 0 Å². The molecule has 1 rings (SSSR count). The molecule has 0 saturated carbocycles. The highest BCUT2D eigenvalue weighted by Gasteiger charge is 2.20. The Kier molecular flexibility index (Phi) is 2.88. The number of carbonyl (C=O) groups is 1. The van der Waals surface area contributed by atoms with Crippen LogP contribution in [0.1, 0.15) is 26.7 Å². The van der Waals surface area contributed by atoms with Crippen LogP contribution in [0.4, 0.5) is 0 Å². The van der Waals surface area contributed by atoms with Crippen LogP contribution in [0.3, 0.4) is 0 Å². The smallest absolute Gasteiger partial charge is 0.310 e. The van der Waals surface area contributed by atoms with Gasteiger partial charge in [-0.3, -0.25) is 4.79 Å². The Bertz CT molecular complexity index is 136. The molecule has 0 aliphatic carbocycles. The summed E-state index contributed by atoms with van der Waals surface area (Å²) in [6.45, 7) is 4.35. The van der Waals surface area contributed by atoms with E-state index in [4.69, 9.17) is 9.47 Å². The molecule has 0 aromatic rings. The summed E-state index contributed by atoms with van der Waals surface area (Å²) in [6, 6.07) is 0. The van der Waals surface area contributed by atoms with Crippen LogP contribution < -0.4 is 0 Å². The third-order valence-corrected chi connectivity index (χ3v) is 1.61. The zero-order valence-electron chi connectivity index (χ0n) is 7.00. The number of carbonyl (C=O) groups excluding carboxylic acids is 1. The van der Waals surface area contributed by atoms with Crippen LogP contribution in [0.25, 0.3) is 0 Å². The Morgan fingerprint density at radius 3 is 2.82 bits per heavy atom. The molecule has 0 amide bonds. The van der Waals surface area contributed by atoms with Gasteiger partial charge >= 0.3 is 5.97 Å². The number of hydrogen-bond donors (Lipinski definition) is 0. The molecule has 3 heteroatoms. The first-order chi connectivity index (χ1) is 5.20.